The number of carbonyl (C=O) groups excluding carboxylic acids is 1. The number of carbonyl (C=O) groups is 1. The van der Waals surface area contributed by atoms with Crippen molar-refractivity contribution in [3.8, 4) is 0 Å². The van der Waals surface area contributed by atoms with Crippen molar-refractivity contribution in [2.24, 2.45) is 4.99 Å². The van der Waals surface area contributed by atoms with E-state index >= 15 is 0 Å². The summed E-state index contributed by atoms with van der Waals surface area (Å²) < 4.78 is 37.5. The van der Waals surface area contributed by atoms with Gasteiger partial charge in [-0.2, -0.15) is 13.2 Å². The van der Waals surface area contributed by atoms with Gasteiger partial charge in [-0.25, -0.2) is 4.98 Å². The van der Waals surface area contributed by atoms with Gasteiger partial charge in [0.1, 0.15) is 5.01 Å². The molecule has 2 N–H and O–H groups in total. The Morgan fingerprint density at radius 2 is 2.04 bits per heavy atom. The Bertz CT molecular complexity index is 581. The number of thiazole rings is 1. The summed E-state index contributed by atoms with van der Waals surface area (Å²) in [5, 5.41) is 7.01. The molecule has 0 atom stereocenters. The molecule has 6 nitrogen and oxygen atoms in total. The van der Waals surface area contributed by atoms with E-state index < -0.39 is 11.9 Å². The number of nitrogens with one attached hydrogen (secondary N) is 2. The topological polar surface area (TPSA) is 69.6 Å². The van der Waals surface area contributed by atoms with Gasteiger partial charge in [-0.1, -0.05) is 0 Å². The van der Waals surface area contributed by atoms with Crippen LogP contribution in [0.15, 0.2) is 10.4 Å². The normalized spacial score (nSPS) is 16.2. The lowest BCUT2D eigenvalue weighted by Crippen LogP contribution is -2.45. The maximum absolute atomic E-state index is 12.5. The molecule has 1 aromatic heterocycles. The fourth-order valence-electron chi connectivity index (χ4n) is 2.32. The zero-order chi connectivity index (χ0) is 17.6. The fourth-order valence-corrected chi connectivity index (χ4v) is 3.06. The molecule has 0 unspecified atom stereocenters. The molecule has 1 aromatic rings. The van der Waals surface area contributed by atoms with E-state index in [1.807, 2.05) is 0 Å². The van der Waals surface area contributed by atoms with E-state index in [0.29, 0.717) is 11.0 Å². The number of hydrogen-bond donors (Lipinski definition) is 2. The molecule has 2 rings (SSSR count). The van der Waals surface area contributed by atoms with Crippen molar-refractivity contribution in [2.45, 2.75) is 32.0 Å². The number of alkyl halides is 3. The summed E-state index contributed by atoms with van der Waals surface area (Å²) in [5.41, 5.74) is -0.896. The van der Waals surface area contributed by atoms with E-state index in [9.17, 15) is 18.0 Å². The molecule has 1 aliphatic heterocycles. The lowest BCUT2D eigenvalue weighted by atomic mass is 10.1. The number of likely N-dealkylation sites (tertiary alicyclic amines) is 1. The molecular weight excluding hydrogens is 343 g/mol. The lowest BCUT2D eigenvalue weighted by Gasteiger charge is -2.27. The molecule has 1 saturated heterocycles. The van der Waals surface area contributed by atoms with Crippen LogP contribution in [-0.2, 0) is 17.5 Å². The Morgan fingerprint density at radius 1 is 1.33 bits per heavy atom. The largest absolute Gasteiger partial charge is 0.434 e. The second-order valence-electron chi connectivity index (χ2n) is 5.35. The van der Waals surface area contributed by atoms with E-state index in [0.717, 1.165) is 49.1 Å². The molecule has 10 heteroatoms. The van der Waals surface area contributed by atoms with Crippen molar-refractivity contribution in [1.29, 1.82) is 0 Å². The first-order valence-corrected chi connectivity index (χ1v) is 8.52. The molecule has 24 heavy (non-hydrogen) atoms. The highest BCUT2D eigenvalue weighted by atomic mass is 32.1. The maximum Gasteiger partial charge on any atom is 0.434 e. The summed E-state index contributed by atoms with van der Waals surface area (Å²) in [7, 11) is 1.53. The molecule has 0 aromatic carbocycles. The summed E-state index contributed by atoms with van der Waals surface area (Å²) in [5.74, 6) is 0.343. The highest BCUT2D eigenvalue weighted by Gasteiger charge is 2.33. The van der Waals surface area contributed by atoms with Crippen LogP contribution in [-0.4, -0.2) is 48.4 Å². The van der Waals surface area contributed by atoms with Crippen LogP contribution in [0.3, 0.4) is 0 Å². The third kappa shape index (κ3) is 5.36. The Labute approximate surface area is 142 Å². The minimum absolute atomic E-state index is 0.00810. The standard InChI is InChI=1S/C14H20F3N5OS/c1-18-13(20-8-12(23)22-5-3-2-4-6-22)19-7-11-21-10(9-24-11)14(15,16)17/h9H,2-8H2,1H3,(H2,18,19,20). The molecule has 134 valence electrons. The van der Waals surface area contributed by atoms with Crippen molar-refractivity contribution in [1.82, 2.24) is 20.5 Å². The van der Waals surface area contributed by atoms with E-state index in [-0.39, 0.29) is 19.0 Å². The Balaban J connectivity index is 1.78. The van der Waals surface area contributed by atoms with Crippen molar-refractivity contribution < 1.29 is 18.0 Å². The summed E-state index contributed by atoms with van der Waals surface area (Å²) in [6.45, 7) is 1.75. The van der Waals surface area contributed by atoms with Crippen molar-refractivity contribution >= 4 is 23.2 Å². The Kier molecular flexibility index (Phi) is 6.41. The molecule has 2 heterocycles. The SMILES string of the molecule is CN=C(NCC(=O)N1CCCCC1)NCc1nc(C(F)(F)F)cs1. The van der Waals surface area contributed by atoms with Crippen LogP contribution in [0.4, 0.5) is 13.2 Å². The van der Waals surface area contributed by atoms with Crippen LogP contribution in [0, 0.1) is 0 Å². The van der Waals surface area contributed by atoms with Crippen LogP contribution < -0.4 is 10.6 Å². The quantitative estimate of drug-likeness (QED) is 0.633. The van der Waals surface area contributed by atoms with Gasteiger partial charge in [0.15, 0.2) is 11.7 Å². The van der Waals surface area contributed by atoms with Gasteiger partial charge in [-0.15, -0.1) is 11.3 Å². The lowest BCUT2D eigenvalue weighted by molar-refractivity contribution is -0.140. The first-order chi connectivity index (χ1) is 11.4. The van der Waals surface area contributed by atoms with Crippen molar-refractivity contribution in [3.05, 3.63) is 16.1 Å². The number of hydrogen-bond acceptors (Lipinski definition) is 4. The fraction of sp³-hybridized carbons (Fsp3) is 0.643. The molecule has 0 radical (unpaired) electrons. The van der Waals surface area contributed by atoms with Crippen LogP contribution in [0.2, 0.25) is 0 Å². The van der Waals surface area contributed by atoms with Gasteiger partial charge in [0.25, 0.3) is 0 Å². The molecule has 1 aliphatic rings. The highest BCUT2D eigenvalue weighted by molar-refractivity contribution is 7.09. The van der Waals surface area contributed by atoms with E-state index in [2.05, 4.69) is 20.6 Å². The monoisotopic (exact) mass is 363 g/mol. The zero-order valence-corrected chi connectivity index (χ0v) is 14.1. The maximum atomic E-state index is 12.5. The molecular formula is C14H20F3N5OS. The van der Waals surface area contributed by atoms with E-state index in [4.69, 9.17) is 0 Å². The number of piperidine rings is 1. The number of guanidine groups is 1. The molecule has 0 bridgehead atoms. The molecule has 1 fully saturated rings. The van der Waals surface area contributed by atoms with Gasteiger partial charge in [0, 0.05) is 25.5 Å². The van der Waals surface area contributed by atoms with Crippen LogP contribution in [0.25, 0.3) is 0 Å². The van der Waals surface area contributed by atoms with Crippen LogP contribution in [0.5, 0.6) is 0 Å². The van der Waals surface area contributed by atoms with Crippen LogP contribution in [0.1, 0.15) is 30.0 Å². The predicted octanol–water partition coefficient (Wildman–Crippen LogP) is 1.84. The second kappa shape index (κ2) is 8.32. The highest BCUT2D eigenvalue weighted by Crippen LogP contribution is 2.29. The van der Waals surface area contributed by atoms with Crippen LogP contribution >= 0.6 is 11.3 Å². The summed E-state index contributed by atoms with van der Waals surface area (Å²) >= 11 is 0.924. The van der Waals surface area contributed by atoms with Gasteiger partial charge < -0.3 is 15.5 Å². The Hall–Kier alpha value is -1.84. The van der Waals surface area contributed by atoms with Crippen molar-refractivity contribution in [3.63, 3.8) is 0 Å². The molecule has 1 amide bonds. The van der Waals surface area contributed by atoms with Gasteiger partial charge in [0.05, 0.1) is 13.1 Å². The minimum atomic E-state index is -4.43. The minimum Gasteiger partial charge on any atom is -0.350 e. The smallest absolute Gasteiger partial charge is 0.350 e. The third-order valence-electron chi connectivity index (χ3n) is 3.59. The first kappa shape index (κ1) is 18.5. The van der Waals surface area contributed by atoms with Gasteiger partial charge >= 0.3 is 6.18 Å². The van der Waals surface area contributed by atoms with E-state index in [1.54, 1.807) is 4.90 Å². The van der Waals surface area contributed by atoms with Gasteiger partial charge in [0.2, 0.25) is 5.91 Å². The predicted molar refractivity (Wildman–Crippen MR) is 85.7 cm³/mol. The van der Waals surface area contributed by atoms with Crippen molar-refractivity contribution in [2.75, 3.05) is 26.7 Å². The number of aliphatic imine (C=N–C) groups is 1. The summed E-state index contributed by atoms with van der Waals surface area (Å²) in [6.07, 6.45) is -1.25. The second-order valence-corrected chi connectivity index (χ2v) is 6.29. The number of amides is 1. The zero-order valence-electron chi connectivity index (χ0n) is 13.3. The Morgan fingerprint density at radius 3 is 2.62 bits per heavy atom. The first-order valence-electron chi connectivity index (χ1n) is 7.64. The molecule has 0 aliphatic carbocycles. The van der Waals surface area contributed by atoms with Gasteiger partial charge in [-0.05, 0) is 19.3 Å². The van der Waals surface area contributed by atoms with Gasteiger partial charge in [-0.3, -0.25) is 9.79 Å². The molecule has 0 spiro atoms. The summed E-state index contributed by atoms with van der Waals surface area (Å²) in [6, 6.07) is 0. The summed E-state index contributed by atoms with van der Waals surface area (Å²) in [4.78, 5) is 21.3. The number of rotatable bonds is 4. The average molecular weight is 363 g/mol. The number of halogens is 3. The third-order valence-corrected chi connectivity index (χ3v) is 4.44. The average Bonchev–Trinajstić information content (AvgIpc) is 3.05. The number of aromatic nitrogens is 1. The molecule has 0 saturated carbocycles. The number of nitrogens with zero attached hydrogens (tertiary/aromatic N) is 3. The van der Waals surface area contributed by atoms with E-state index in [1.165, 1.54) is 7.05 Å².